The first-order valence-electron chi connectivity index (χ1n) is 5.45. The number of nitrogens with zero attached hydrogens (tertiary/aromatic N) is 2. The van der Waals surface area contributed by atoms with Gasteiger partial charge in [-0.2, -0.15) is 0 Å². The lowest BCUT2D eigenvalue weighted by Crippen LogP contribution is -2.46. The fourth-order valence-corrected chi connectivity index (χ4v) is 1.70. The maximum atomic E-state index is 5.30. The minimum absolute atomic E-state index is 0.780. The number of terminal acetylenes is 1. The highest BCUT2D eigenvalue weighted by Crippen LogP contribution is 1.94. The fourth-order valence-electron chi connectivity index (χ4n) is 1.70. The van der Waals surface area contributed by atoms with Crippen LogP contribution >= 0.6 is 0 Å². The van der Waals surface area contributed by atoms with Crippen molar-refractivity contribution in [3.8, 4) is 12.3 Å². The van der Waals surface area contributed by atoms with Crippen LogP contribution < -0.4 is 5.32 Å². The van der Waals surface area contributed by atoms with E-state index in [0.717, 1.165) is 39.3 Å². The molecule has 3 heteroatoms. The molecule has 1 aliphatic rings. The number of likely N-dealkylation sites (N-methyl/N-ethyl adjacent to an activating group) is 1. The molecule has 0 aromatic heterocycles. The molecule has 0 aliphatic carbocycles. The molecule has 0 saturated carbocycles. The molecule has 0 bridgehead atoms. The molecular weight excluding hydrogens is 174 g/mol. The summed E-state index contributed by atoms with van der Waals surface area (Å²) in [6.45, 7) is 10.8. The average molecular weight is 195 g/mol. The molecule has 14 heavy (non-hydrogen) atoms. The fraction of sp³-hybridized carbons (Fsp3) is 0.818. The SMILES string of the molecule is C#CCN(CC)CCN1CCNCC1. The number of piperazine rings is 1. The van der Waals surface area contributed by atoms with E-state index in [1.807, 2.05) is 0 Å². The first kappa shape index (κ1) is 11.5. The second-order valence-corrected chi connectivity index (χ2v) is 3.66. The predicted molar refractivity (Wildman–Crippen MR) is 60.3 cm³/mol. The Bertz CT molecular complexity index is 179. The third-order valence-electron chi connectivity index (χ3n) is 2.70. The maximum Gasteiger partial charge on any atom is 0.0599 e. The molecule has 0 amide bonds. The Hall–Kier alpha value is -0.560. The molecule has 0 spiro atoms. The molecule has 1 heterocycles. The molecule has 0 unspecified atom stereocenters. The summed E-state index contributed by atoms with van der Waals surface area (Å²) < 4.78 is 0. The van der Waals surface area contributed by atoms with E-state index < -0.39 is 0 Å². The topological polar surface area (TPSA) is 18.5 Å². The zero-order chi connectivity index (χ0) is 10.2. The van der Waals surface area contributed by atoms with Crippen molar-refractivity contribution in [2.24, 2.45) is 0 Å². The van der Waals surface area contributed by atoms with Gasteiger partial charge >= 0.3 is 0 Å². The third-order valence-corrected chi connectivity index (χ3v) is 2.70. The molecule has 1 N–H and O–H groups in total. The summed E-state index contributed by atoms with van der Waals surface area (Å²) in [4.78, 5) is 4.80. The molecule has 0 aromatic rings. The number of rotatable bonds is 5. The standard InChI is InChI=1S/C11H21N3/c1-3-7-13(4-2)10-11-14-8-5-12-6-9-14/h1,12H,4-11H2,2H3. The lowest BCUT2D eigenvalue weighted by molar-refractivity contribution is 0.202. The normalized spacial score (nSPS) is 18.4. The van der Waals surface area contributed by atoms with Gasteiger partial charge in [-0.3, -0.25) is 9.80 Å². The molecule has 1 rings (SSSR count). The van der Waals surface area contributed by atoms with Crippen molar-refractivity contribution in [2.75, 3.05) is 52.4 Å². The van der Waals surface area contributed by atoms with Crippen LogP contribution in [0.25, 0.3) is 0 Å². The van der Waals surface area contributed by atoms with Gasteiger partial charge in [-0.15, -0.1) is 6.42 Å². The Kier molecular flexibility index (Phi) is 5.62. The summed E-state index contributed by atoms with van der Waals surface area (Å²) in [7, 11) is 0. The minimum atomic E-state index is 0.780. The number of hydrogen-bond acceptors (Lipinski definition) is 3. The van der Waals surface area contributed by atoms with E-state index >= 15 is 0 Å². The number of nitrogens with one attached hydrogen (secondary N) is 1. The molecule has 3 nitrogen and oxygen atoms in total. The van der Waals surface area contributed by atoms with Crippen molar-refractivity contribution in [2.45, 2.75) is 6.92 Å². The molecule has 1 saturated heterocycles. The highest BCUT2D eigenvalue weighted by atomic mass is 15.2. The monoisotopic (exact) mass is 195 g/mol. The summed E-state index contributed by atoms with van der Waals surface area (Å²) >= 11 is 0. The van der Waals surface area contributed by atoms with Gasteiger partial charge in [-0.05, 0) is 6.54 Å². The van der Waals surface area contributed by atoms with E-state index in [4.69, 9.17) is 6.42 Å². The average Bonchev–Trinajstić information content (AvgIpc) is 2.25. The first-order valence-corrected chi connectivity index (χ1v) is 5.45. The lowest BCUT2D eigenvalue weighted by atomic mass is 10.3. The van der Waals surface area contributed by atoms with Crippen molar-refractivity contribution < 1.29 is 0 Å². The van der Waals surface area contributed by atoms with Crippen LogP contribution in [0.15, 0.2) is 0 Å². The van der Waals surface area contributed by atoms with Crippen LogP contribution in [-0.4, -0.2) is 62.2 Å². The Morgan fingerprint density at radius 3 is 2.71 bits per heavy atom. The van der Waals surface area contributed by atoms with Crippen LogP contribution in [0.3, 0.4) is 0 Å². The Morgan fingerprint density at radius 1 is 1.43 bits per heavy atom. The van der Waals surface area contributed by atoms with E-state index in [1.54, 1.807) is 0 Å². The first-order chi connectivity index (χ1) is 6.86. The van der Waals surface area contributed by atoms with Crippen LogP contribution in [0.2, 0.25) is 0 Å². The Labute approximate surface area is 87.5 Å². The zero-order valence-corrected chi connectivity index (χ0v) is 9.13. The summed E-state index contributed by atoms with van der Waals surface area (Å²) in [5.74, 6) is 2.70. The van der Waals surface area contributed by atoms with Gasteiger partial charge in [0.25, 0.3) is 0 Å². The second-order valence-electron chi connectivity index (χ2n) is 3.66. The van der Waals surface area contributed by atoms with Crippen molar-refractivity contribution in [1.29, 1.82) is 0 Å². The van der Waals surface area contributed by atoms with Crippen LogP contribution in [0.1, 0.15) is 6.92 Å². The maximum absolute atomic E-state index is 5.30. The van der Waals surface area contributed by atoms with Gasteiger partial charge in [0.05, 0.1) is 6.54 Å². The van der Waals surface area contributed by atoms with Gasteiger partial charge in [0, 0.05) is 39.3 Å². The van der Waals surface area contributed by atoms with Crippen molar-refractivity contribution in [1.82, 2.24) is 15.1 Å². The van der Waals surface area contributed by atoms with Crippen molar-refractivity contribution >= 4 is 0 Å². The second kappa shape index (κ2) is 6.83. The molecule has 0 aromatic carbocycles. The summed E-state index contributed by atoms with van der Waals surface area (Å²) in [5, 5.41) is 3.35. The largest absolute Gasteiger partial charge is 0.314 e. The van der Waals surface area contributed by atoms with Crippen LogP contribution in [0.5, 0.6) is 0 Å². The quantitative estimate of drug-likeness (QED) is 0.615. The van der Waals surface area contributed by atoms with Crippen LogP contribution in [0.4, 0.5) is 0 Å². The lowest BCUT2D eigenvalue weighted by Gasteiger charge is -2.29. The third kappa shape index (κ3) is 4.10. The smallest absolute Gasteiger partial charge is 0.0599 e. The molecule has 0 atom stereocenters. The molecule has 0 radical (unpaired) electrons. The Morgan fingerprint density at radius 2 is 2.14 bits per heavy atom. The molecule has 1 aliphatic heterocycles. The predicted octanol–water partition coefficient (Wildman–Crippen LogP) is -0.153. The summed E-state index contributed by atoms with van der Waals surface area (Å²) in [6, 6.07) is 0. The van der Waals surface area contributed by atoms with E-state index in [0.29, 0.717) is 0 Å². The highest BCUT2D eigenvalue weighted by Gasteiger charge is 2.10. The van der Waals surface area contributed by atoms with Gasteiger partial charge in [-0.25, -0.2) is 0 Å². The molecular formula is C11H21N3. The van der Waals surface area contributed by atoms with Crippen LogP contribution in [0, 0.1) is 12.3 Å². The van der Waals surface area contributed by atoms with Gasteiger partial charge in [0.1, 0.15) is 0 Å². The van der Waals surface area contributed by atoms with Gasteiger partial charge in [-0.1, -0.05) is 12.8 Å². The van der Waals surface area contributed by atoms with Gasteiger partial charge in [0.15, 0.2) is 0 Å². The van der Waals surface area contributed by atoms with Gasteiger partial charge in [0.2, 0.25) is 0 Å². The summed E-state index contributed by atoms with van der Waals surface area (Å²) in [5.41, 5.74) is 0. The van der Waals surface area contributed by atoms with Gasteiger partial charge < -0.3 is 5.32 Å². The van der Waals surface area contributed by atoms with E-state index in [9.17, 15) is 0 Å². The zero-order valence-electron chi connectivity index (χ0n) is 9.13. The van der Waals surface area contributed by atoms with E-state index in [2.05, 4.69) is 28.0 Å². The molecule has 80 valence electrons. The minimum Gasteiger partial charge on any atom is -0.314 e. The molecule has 1 fully saturated rings. The van der Waals surface area contributed by atoms with Crippen molar-refractivity contribution in [3.05, 3.63) is 0 Å². The number of hydrogen-bond donors (Lipinski definition) is 1. The van der Waals surface area contributed by atoms with E-state index in [1.165, 1.54) is 13.1 Å². The van der Waals surface area contributed by atoms with E-state index in [-0.39, 0.29) is 0 Å². The Balaban J connectivity index is 2.14. The van der Waals surface area contributed by atoms with Crippen LogP contribution in [-0.2, 0) is 0 Å². The summed E-state index contributed by atoms with van der Waals surface area (Å²) in [6.07, 6.45) is 5.30. The van der Waals surface area contributed by atoms with Crippen molar-refractivity contribution in [3.63, 3.8) is 0 Å². The highest BCUT2D eigenvalue weighted by molar-refractivity contribution is 4.88.